The molecular weight excluding hydrogens is 431 g/mol. The monoisotopic (exact) mass is 451 g/mol. The van der Waals surface area contributed by atoms with Crippen LogP contribution in [-0.4, -0.2) is 37.9 Å². The SMILES string of the molecule is CS(=O)(=O)c1ccc(C2CNCC(c3nc(-c4cccc(C(F)(F)F)c4)no3)C2)cc1. The van der Waals surface area contributed by atoms with E-state index in [1.165, 1.54) is 12.1 Å². The fraction of sp³-hybridized carbons (Fsp3) is 0.333. The minimum absolute atomic E-state index is 0.108. The molecule has 0 saturated carbocycles. The van der Waals surface area contributed by atoms with Crippen LogP contribution in [0.5, 0.6) is 0 Å². The lowest BCUT2D eigenvalue weighted by atomic mass is 9.85. The van der Waals surface area contributed by atoms with Crippen molar-refractivity contribution in [3.63, 3.8) is 0 Å². The van der Waals surface area contributed by atoms with Crippen molar-refractivity contribution in [1.29, 1.82) is 0 Å². The van der Waals surface area contributed by atoms with Gasteiger partial charge >= 0.3 is 6.18 Å². The van der Waals surface area contributed by atoms with E-state index in [0.717, 1.165) is 24.0 Å². The Morgan fingerprint density at radius 2 is 1.77 bits per heavy atom. The van der Waals surface area contributed by atoms with Gasteiger partial charge < -0.3 is 9.84 Å². The molecule has 0 spiro atoms. The lowest BCUT2D eigenvalue weighted by Crippen LogP contribution is -2.34. The zero-order valence-electron chi connectivity index (χ0n) is 16.6. The molecule has 1 N–H and O–H groups in total. The number of rotatable bonds is 4. The van der Waals surface area contributed by atoms with Gasteiger partial charge in [0.1, 0.15) is 0 Å². The normalized spacial score (nSPS) is 20.0. The van der Waals surface area contributed by atoms with Gasteiger partial charge in [0.05, 0.1) is 16.4 Å². The molecule has 3 aromatic rings. The van der Waals surface area contributed by atoms with Crippen LogP contribution in [0.4, 0.5) is 13.2 Å². The lowest BCUT2D eigenvalue weighted by Gasteiger charge is -2.28. The molecule has 1 aromatic heterocycles. The zero-order chi connectivity index (χ0) is 22.2. The molecule has 0 bridgehead atoms. The highest BCUT2D eigenvalue weighted by Crippen LogP contribution is 2.34. The highest BCUT2D eigenvalue weighted by Gasteiger charge is 2.32. The van der Waals surface area contributed by atoms with E-state index in [4.69, 9.17) is 4.52 Å². The van der Waals surface area contributed by atoms with Crippen LogP contribution in [0.3, 0.4) is 0 Å². The van der Waals surface area contributed by atoms with Crippen molar-refractivity contribution >= 4 is 9.84 Å². The summed E-state index contributed by atoms with van der Waals surface area (Å²) in [6, 6.07) is 11.6. The number of benzene rings is 2. The van der Waals surface area contributed by atoms with E-state index < -0.39 is 21.6 Å². The molecule has 0 amide bonds. The molecule has 10 heteroatoms. The van der Waals surface area contributed by atoms with Gasteiger partial charge in [-0.1, -0.05) is 29.4 Å². The van der Waals surface area contributed by atoms with E-state index in [-0.39, 0.29) is 28.1 Å². The number of hydrogen-bond donors (Lipinski definition) is 1. The lowest BCUT2D eigenvalue weighted by molar-refractivity contribution is -0.137. The van der Waals surface area contributed by atoms with Crippen LogP contribution in [0.1, 0.15) is 35.3 Å². The fourth-order valence-electron chi connectivity index (χ4n) is 3.72. The van der Waals surface area contributed by atoms with Crippen LogP contribution in [-0.2, 0) is 16.0 Å². The molecule has 2 atom stereocenters. The minimum Gasteiger partial charge on any atom is -0.339 e. The number of halogens is 3. The van der Waals surface area contributed by atoms with Gasteiger partial charge in [-0.2, -0.15) is 18.2 Å². The van der Waals surface area contributed by atoms with Gasteiger partial charge in [-0.3, -0.25) is 0 Å². The number of nitrogens with one attached hydrogen (secondary N) is 1. The van der Waals surface area contributed by atoms with E-state index in [1.807, 2.05) is 0 Å². The van der Waals surface area contributed by atoms with Crippen LogP contribution in [0, 0.1) is 0 Å². The molecule has 2 aromatic carbocycles. The Balaban J connectivity index is 1.52. The summed E-state index contributed by atoms with van der Waals surface area (Å²) < 4.78 is 67.6. The average Bonchev–Trinajstić information content (AvgIpc) is 3.23. The largest absolute Gasteiger partial charge is 0.416 e. The summed E-state index contributed by atoms with van der Waals surface area (Å²) in [6.07, 6.45) is -2.59. The number of piperidine rings is 1. The van der Waals surface area contributed by atoms with Gasteiger partial charge in [-0.15, -0.1) is 0 Å². The molecule has 1 fully saturated rings. The maximum Gasteiger partial charge on any atom is 0.416 e. The molecule has 2 unspecified atom stereocenters. The van der Waals surface area contributed by atoms with Crippen molar-refractivity contribution in [2.24, 2.45) is 0 Å². The third-order valence-corrected chi connectivity index (χ3v) is 6.50. The predicted molar refractivity (Wildman–Crippen MR) is 107 cm³/mol. The first-order valence-corrected chi connectivity index (χ1v) is 11.5. The Kier molecular flexibility index (Phi) is 5.61. The molecule has 6 nitrogen and oxygen atoms in total. The standard InChI is InChI=1S/C21H20F3N3O3S/c1-31(28,29)18-7-5-13(6-8-18)15-9-16(12-25-11-15)20-26-19(27-30-20)14-3-2-4-17(10-14)21(22,23)24/h2-8,10,15-16,25H,9,11-12H2,1H3. The van der Waals surface area contributed by atoms with Gasteiger partial charge in [0.15, 0.2) is 9.84 Å². The maximum atomic E-state index is 13.0. The van der Waals surface area contributed by atoms with Crippen LogP contribution in [0.15, 0.2) is 57.9 Å². The molecule has 164 valence electrons. The van der Waals surface area contributed by atoms with Crippen LogP contribution in [0.2, 0.25) is 0 Å². The average molecular weight is 451 g/mol. The highest BCUT2D eigenvalue weighted by atomic mass is 32.2. The third kappa shape index (κ3) is 4.80. The first-order valence-electron chi connectivity index (χ1n) is 9.63. The van der Waals surface area contributed by atoms with E-state index in [1.54, 1.807) is 24.3 Å². The van der Waals surface area contributed by atoms with Gasteiger partial charge in [-0.25, -0.2) is 8.42 Å². The van der Waals surface area contributed by atoms with Crippen LogP contribution in [0.25, 0.3) is 11.4 Å². The third-order valence-electron chi connectivity index (χ3n) is 5.37. The zero-order valence-corrected chi connectivity index (χ0v) is 17.4. The molecule has 2 heterocycles. The smallest absolute Gasteiger partial charge is 0.339 e. The van der Waals surface area contributed by atoms with E-state index in [9.17, 15) is 21.6 Å². The molecule has 0 aliphatic carbocycles. The second-order valence-corrected chi connectivity index (χ2v) is 9.68. The predicted octanol–water partition coefficient (Wildman–Crippen LogP) is 4.02. The maximum absolute atomic E-state index is 13.0. The molecular formula is C21H20F3N3O3S. The molecule has 31 heavy (non-hydrogen) atoms. The Labute approximate surface area is 177 Å². The molecule has 1 aliphatic heterocycles. The van der Waals surface area contributed by atoms with Crippen molar-refractivity contribution < 1.29 is 26.1 Å². The van der Waals surface area contributed by atoms with Gasteiger partial charge in [-0.05, 0) is 42.2 Å². The van der Waals surface area contributed by atoms with Crippen molar-refractivity contribution in [1.82, 2.24) is 15.5 Å². The first kappa shape index (κ1) is 21.5. The van der Waals surface area contributed by atoms with Crippen molar-refractivity contribution in [2.45, 2.75) is 29.3 Å². The summed E-state index contributed by atoms with van der Waals surface area (Å²) in [5.74, 6) is 0.467. The second kappa shape index (κ2) is 8.08. The van der Waals surface area contributed by atoms with Crippen molar-refractivity contribution in [3.8, 4) is 11.4 Å². The van der Waals surface area contributed by atoms with E-state index in [0.29, 0.717) is 25.4 Å². The second-order valence-electron chi connectivity index (χ2n) is 7.66. The van der Waals surface area contributed by atoms with E-state index >= 15 is 0 Å². The first-order chi connectivity index (χ1) is 14.6. The summed E-state index contributed by atoms with van der Waals surface area (Å²) in [5.41, 5.74) is 0.456. The summed E-state index contributed by atoms with van der Waals surface area (Å²) >= 11 is 0. The Hall–Kier alpha value is -2.72. The van der Waals surface area contributed by atoms with Gasteiger partial charge in [0, 0.05) is 24.9 Å². The molecule has 1 aliphatic rings. The highest BCUT2D eigenvalue weighted by molar-refractivity contribution is 7.90. The van der Waals surface area contributed by atoms with Crippen LogP contribution >= 0.6 is 0 Å². The minimum atomic E-state index is -4.45. The number of aromatic nitrogens is 2. The Morgan fingerprint density at radius 1 is 1.06 bits per heavy atom. The summed E-state index contributed by atoms with van der Waals surface area (Å²) in [7, 11) is -3.26. The number of hydrogen-bond acceptors (Lipinski definition) is 6. The Morgan fingerprint density at radius 3 is 2.45 bits per heavy atom. The van der Waals surface area contributed by atoms with Crippen LogP contribution < -0.4 is 5.32 Å². The molecule has 4 rings (SSSR count). The van der Waals surface area contributed by atoms with E-state index in [2.05, 4.69) is 15.5 Å². The van der Waals surface area contributed by atoms with Gasteiger partial charge in [0.2, 0.25) is 11.7 Å². The molecule has 1 saturated heterocycles. The Bertz CT molecular complexity index is 1170. The van der Waals surface area contributed by atoms with Gasteiger partial charge in [0.25, 0.3) is 0 Å². The van der Waals surface area contributed by atoms with Crippen molar-refractivity contribution in [2.75, 3.05) is 19.3 Å². The summed E-state index contributed by atoms with van der Waals surface area (Å²) in [6.45, 7) is 1.31. The molecule has 0 radical (unpaired) electrons. The fourth-order valence-corrected chi connectivity index (χ4v) is 4.35. The number of nitrogens with zero attached hydrogens (tertiary/aromatic N) is 2. The van der Waals surface area contributed by atoms with Crippen molar-refractivity contribution in [3.05, 3.63) is 65.5 Å². The quantitative estimate of drug-likeness (QED) is 0.645. The number of alkyl halides is 3. The summed E-state index contributed by atoms with van der Waals surface area (Å²) in [4.78, 5) is 4.60. The topological polar surface area (TPSA) is 85.1 Å². The number of sulfone groups is 1. The summed E-state index contributed by atoms with van der Waals surface area (Å²) in [5, 5.41) is 7.18.